The molecule has 26 heavy (non-hydrogen) atoms. The Morgan fingerprint density at radius 3 is 2.77 bits per heavy atom. The number of anilines is 1. The van der Waals surface area contributed by atoms with Gasteiger partial charge in [-0.3, -0.25) is 9.59 Å². The van der Waals surface area contributed by atoms with E-state index in [1.54, 1.807) is 12.1 Å². The number of carbonyl (C=O) groups is 2. The van der Waals surface area contributed by atoms with Crippen molar-refractivity contribution in [1.82, 2.24) is 4.90 Å². The predicted molar refractivity (Wildman–Crippen MR) is 98.3 cm³/mol. The van der Waals surface area contributed by atoms with Crippen molar-refractivity contribution in [3.63, 3.8) is 0 Å². The molecule has 1 aliphatic carbocycles. The number of benzene rings is 1. The van der Waals surface area contributed by atoms with E-state index in [0.29, 0.717) is 24.2 Å². The molecule has 3 rings (SSSR count). The molecule has 1 aliphatic heterocycles. The zero-order chi connectivity index (χ0) is 18.5. The van der Waals surface area contributed by atoms with E-state index >= 15 is 0 Å². The van der Waals surface area contributed by atoms with Crippen LogP contribution in [0.5, 0.6) is 0 Å². The number of hydrogen-bond acceptors (Lipinski definition) is 2. The quantitative estimate of drug-likeness (QED) is 0.833. The largest absolute Gasteiger partial charge is 0.335 e. The third-order valence-electron chi connectivity index (χ3n) is 5.59. The molecule has 2 fully saturated rings. The zero-order valence-corrected chi connectivity index (χ0v) is 15.5. The Morgan fingerprint density at radius 2 is 1.96 bits per heavy atom. The van der Waals surface area contributed by atoms with Crippen LogP contribution in [-0.2, 0) is 9.59 Å². The molecule has 5 nitrogen and oxygen atoms in total. The Morgan fingerprint density at radius 1 is 1.19 bits per heavy atom. The minimum atomic E-state index is -0.384. The van der Waals surface area contributed by atoms with Crippen LogP contribution in [0.1, 0.15) is 38.5 Å². The van der Waals surface area contributed by atoms with Crippen molar-refractivity contribution >= 4 is 17.5 Å². The predicted octanol–water partition coefficient (Wildman–Crippen LogP) is 1.46. The van der Waals surface area contributed by atoms with Crippen LogP contribution in [0.2, 0.25) is 0 Å². The third-order valence-corrected chi connectivity index (χ3v) is 5.59. The summed E-state index contributed by atoms with van der Waals surface area (Å²) >= 11 is 0. The van der Waals surface area contributed by atoms with Crippen molar-refractivity contribution in [1.29, 1.82) is 0 Å². The maximum atomic E-state index is 13.2. The highest BCUT2D eigenvalue weighted by Crippen LogP contribution is 2.35. The molecule has 6 heteroatoms. The standard InChI is InChI=1S/C20H28FN3O2/c1-23(13-19(25)22-17-9-4-8-16(21)12-17)14-20(26)24-11-5-7-15-6-2-3-10-18(15)24/h4,8-9,12,15,18H,2-3,5-7,10-11,13-14H2,1H3,(H,22,25)/p+1/t15-,18-/m0/s1. The fourth-order valence-electron chi connectivity index (χ4n) is 4.40. The van der Waals surface area contributed by atoms with Crippen LogP contribution in [0, 0.1) is 11.7 Å². The summed E-state index contributed by atoms with van der Waals surface area (Å²) in [5.74, 6) is 0.219. The molecule has 0 radical (unpaired) electrons. The van der Waals surface area contributed by atoms with Crippen molar-refractivity contribution in [2.24, 2.45) is 5.92 Å². The van der Waals surface area contributed by atoms with Crippen LogP contribution >= 0.6 is 0 Å². The number of likely N-dealkylation sites (N-methyl/N-ethyl adjacent to an activating group) is 1. The SMILES string of the molecule is C[NH+](CC(=O)Nc1cccc(F)c1)CC(=O)N1CCC[C@@H]2CCCC[C@@H]21. The lowest BCUT2D eigenvalue weighted by atomic mass is 9.78. The highest BCUT2D eigenvalue weighted by atomic mass is 19.1. The first kappa shape index (κ1) is 18.8. The summed E-state index contributed by atoms with van der Waals surface area (Å²) in [6, 6.07) is 6.23. The first-order valence-corrected chi connectivity index (χ1v) is 9.69. The van der Waals surface area contributed by atoms with Gasteiger partial charge in [-0.15, -0.1) is 0 Å². The van der Waals surface area contributed by atoms with Gasteiger partial charge in [0, 0.05) is 18.3 Å². The number of piperidine rings is 1. The molecular weight excluding hydrogens is 333 g/mol. The number of halogens is 1. The molecule has 0 bridgehead atoms. The number of hydrogen-bond donors (Lipinski definition) is 2. The average molecular weight is 362 g/mol. The van der Waals surface area contributed by atoms with E-state index in [2.05, 4.69) is 10.2 Å². The molecular formula is C20H29FN3O2+. The highest BCUT2D eigenvalue weighted by molar-refractivity contribution is 5.91. The van der Waals surface area contributed by atoms with E-state index in [1.165, 1.54) is 37.8 Å². The topological polar surface area (TPSA) is 53.9 Å². The van der Waals surface area contributed by atoms with Gasteiger partial charge in [0.25, 0.3) is 11.8 Å². The maximum absolute atomic E-state index is 13.2. The van der Waals surface area contributed by atoms with E-state index in [1.807, 2.05) is 7.05 Å². The van der Waals surface area contributed by atoms with Gasteiger partial charge in [0.1, 0.15) is 5.82 Å². The monoisotopic (exact) mass is 362 g/mol. The van der Waals surface area contributed by atoms with Gasteiger partial charge in [-0.2, -0.15) is 0 Å². The highest BCUT2D eigenvalue weighted by Gasteiger charge is 2.36. The molecule has 2 N–H and O–H groups in total. The van der Waals surface area contributed by atoms with Gasteiger partial charge in [-0.05, 0) is 49.8 Å². The molecule has 0 spiro atoms. The van der Waals surface area contributed by atoms with Crippen molar-refractivity contribution in [2.45, 2.75) is 44.6 Å². The lowest BCUT2D eigenvalue weighted by Gasteiger charge is -2.44. The number of nitrogens with zero attached hydrogens (tertiary/aromatic N) is 1. The van der Waals surface area contributed by atoms with Gasteiger partial charge in [-0.1, -0.05) is 18.9 Å². The second-order valence-corrected chi connectivity index (χ2v) is 7.71. The first-order chi connectivity index (χ1) is 12.5. The van der Waals surface area contributed by atoms with Crippen LogP contribution in [-0.4, -0.2) is 49.4 Å². The van der Waals surface area contributed by atoms with Crippen LogP contribution in [0.4, 0.5) is 10.1 Å². The molecule has 2 aliphatic rings. The van der Waals surface area contributed by atoms with Gasteiger partial charge in [0.2, 0.25) is 0 Å². The average Bonchev–Trinajstić information content (AvgIpc) is 2.60. The number of fused-ring (bicyclic) bond motifs is 1. The van der Waals surface area contributed by atoms with Crippen molar-refractivity contribution < 1.29 is 18.9 Å². The molecule has 1 aromatic carbocycles. The minimum absolute atomic E-state index is 0.151. The van der Waals surface area contributed by atoms with E-state index in [9.17, 15) is 14.0 Å². The molecule has 0 aromatic heterocycles. The minimum Gasteiger partial charge on any atom is -0.335 e. The van der Waals surface area contributed by atoms with E-state index in [-0.39, 0.29) is 24.2 Å². The summed E-state index contributed by atoms with van der Waals surface area (Å²) in [6.07, 6.45) is 7.19. The number of rotatable bonds is 5. The van der Waals surface area contributed by atoms with E-state index in [4.69, 9.17) is 0 Å². The van der Waals surface area contributed by atoms with E-state index < -0.39 is 0 Å². The van der Waals surface area contributed by atoms with Crippen LogP contribution in [0.3, 0.4) is 0 Å². The lowest BCUT2D eigenvalue weighted by Crippen LogP contribution is -3.11. The maximum Gasteiger partial charge on any atom is 0.279 e. The van der Waals surface area contributed by atoms with Crippen molar-refractivity contribution in [3.8, 4) is 0 Å². The fourth-order valence-corrected chi connectivity index (χ4v) is 4.40. The number of quaternary nitrogens is 1. The number of likely N-dealkylation sites (tertiary alicyclic amines) is 1. The molecule has 3 atom stereocenters. The molecule has 1 saturated carbocycles. The number of nitrogens with one attached hydrogen (secondary N) is 2. The van der Waals surface area contributed by atoms with Gasteiger partial charge in [0.15, 0.2) is 13.1 Å². The number of amides is 2. The summed E-state index contributed by atoms with van der Waals surface area (Å²) in [4.78, 5) is 27.8. The van der Waals surface area contributed by atoms with Crippen LogP contribution < -0.4 is 10.2 Å². The Bertz CT molecular complexity index is 650. The molecule has 1 saturated heterocycles. The smallest absolute Gasteiger partial charge is 0.279 e. The second-order valence-electron chi connectivity index (χ2n) is 7.71. The van der Waals surface area contributed by atoms with E-state index in [0.717, 1.165) is 24.3 Å². The van der Waals surface area contributed by atoms with Gasteiger partial charge in [-0.25, -0.2) is 4.39 Å². The molecule has 142 valence electrons. The Hall–Kier alpha value is -1.95. The van der Waals surface area contributed by atoms with Crippen LogP contribution in [0.15, 0.2) is 24.3 Å². The van der Waals surface area contributed by atoms with Crippen molar-refractivity contribution in [3.05, 3.63) is 30.1 Å². The summed E-state index contributed by atoms with van der Waals surface area (Å²) < 4.78 is 13.2. The summed E-state index contributed by atoms with van der Waals surface area (Å²) in [5, 5.41) is 2.69. The summed E-state index contributed by atoms with van der Waals surface area (Å²) in [7, 11) is 1.85. The Balaban J connectivity index is 1.49. The normalized spacial score (nSPS) is 23.8. The molecule has 1 aromatic rings. The molecule has 1 heterocycles. The zero-order valence-electron chi connectivity index (χ0n) is 15.5. The first-order valence-electron chi connectivity index (χ1n) is 9.69. The third kappa shape index (κ3) is 4.81. The van der Waals surface area contributed by atoms with Gasteiger partial charge < -0.3 is 15.1 Å². The van der Waals surface area contributed by atoms with Crippen LogP contribution in [0.25, 0.3) is 0 Å². The Labute approximate surface area is 154 Å². The Kier molecular flexibility index (Phi) is 6.25. The fraction of sp³-hybridized carbons (Fsp3) is 0.600. The molecule has 1 unspecified atom stereocenters. The second kappa shape index (κ2) is 8.62. The number of carbonyl (C=O) groups excluding carboxylic acids is 2. The van der Waals surface area contributed by atoms with Gasteiger partial charge in [0.05, 0.1) is 7.05 Å². The van der Waals surface area contributed by atoms with Crippen molar-refractivity contribution in [2.75, 3.05) is 32.0 Å². The van der Waals surface area contributed by atoms with Gasteiger partial charge >= 0.3 is 0 Å². The molecule has 2 amide bonds. The summed E-state index contributed by atoms with van der Waals surface area (Å²) in [6.45, 7) is 1.35. The summed E-state index contributed by atoms with van der Waals surface area (Å²) in [5.41, 5.74) is 0.440. The lowest BCUT2D eigenvalue weighted by molar-refractivity contribution is -0.862.